The van der Waals surface area contributed by atoms with Crippen molar-refractivity contribution < 1.29 is 17.9 Å². The Balaban J connectivity index is 2.28. The van der Waals surface area contributed by atoms with Crippen LogP contribution in [-0.4, -0.2) is 82.6 Å². The molecule has 0 spiro atoms. The number of methoxy groups -OCH3 is 1. The molecule has 1 amide bonds. The Labute approximate surface area is 102 Å². The van der Waals surface area contributed by atoms with Gasteiger partial charge < -0.3 is 9.64 Å². The Kier molecular flexibility index (Phi) is 5.35. The van der Waals surface area contributed by atoms with Crippen LogP contribution in [0.25, 0.3) is 0 Å². The number of piperazine rings is 1. The summed E-state index contributed by atoms with van der Waals surface area (Å²) in [6.07, 6.45) is 1.24. The summed E-state index contributed by atoms with van der Waals surface area (Å²) in [6.45, 7) is 3.41. The molecule has 1 heterocycles. The molecule has 0 aromatic carbocycles. The number of amides is 1. The lowest BCUT2D eigenvalue weighted by Gasteiger charge is -2.34. The minimum Gasteiger partial charge on any atom is -0.375 e. The van der Waals surface area contributed by atoms with Crippen molar-refractivity contribution in [3.05, 3.63) is 0 Å². The second-order valence-electron chi connectivity index (χ2n) is 4.29. The van der Waals surface area contributed by atoms with Crippen molar-refractivity contribution >= 4 is 15.7 Å². The van der Waals surface area contributed by atoms with Gasteiger partial charge in [0, 0.05) is 46.1 Å². The lowest BCUT2D eigenvalue weighted by atomic mass is 10.3. The zero-order valence-electron chi connectivity index (χ0n) is 10.4. The molecule has 0 bridgehead atoms. The average molecular weight is 264 g/mol. The zero-order chi connectivity index (χ0) is 12.9. The summed E-state index contributed by atoms with van der Waals surface area (Å²) >= 11 is 0. The summed E-state index contributed by atoms with van der Waals surface area (Å²) in [7, 11) is -1.40. The topological polar surface area (TPSA) is 66.9 Å². The maximum absolute atomic E-state index is 11.5. The molecule has 0 N–H and O–H groups in total. The number of sulfone groups is 1. The number of nitrogens with zero attached hydrogens (tertiary/aromatic N) is 2. The Hall–Kier alpha value is -0.660. The summed E-state index contributed by atoms with van der Waals surface area (Å²) in [6, 6.07) is 0. The van der Waals surface area contributed by atoms with E-state index in [1.54, 1.807) is 4.90 Å². The number of carbonyl (C=O) groups excluding carboxylic acids is 1. The number of carbonyl (C=O) groups is 1. The quantitative estimate of drug-likeness (QED) is 0.625. The molecule has 0 atom stereocenters. The highest BCUT2D eigenvalue weighted by atomic mass is 32.2. The highest BCUT2D eigenvalue weighted by Crippen LogP contribution is 2.02. The van der Waals surface area contributed by atoms with Crippen LogP contribution in [0.3, 0.4) is 0 Å². The maximum Gasteiger partial charge on any atom is 0.248 e. The van der Waals surface area contributed by atoms with E-state index >= 15 is 0 Å². The van der Waals surface area contributed by atoms with Crippen LogP contribution >= 0.6 is 0 Å². The molecule has 0 saturated carbocycles. The van der Waals surface area contributed by atoms with Gasteiger partial charge in [0.1, 0.15) is 16.4 Å². The molecule has 1 rings (SSSR count). The molecule has 0 aromatic heterocycles. The molecule has 1 aliphatic rings. The van der Waals surface area contributed by atoms with E-state index in [1.807, 2.05) is 0 Å². The van der Waals surface area contributed by atoms with E-state index in [0.717, 1.165) is 13.1 Å². The molecule has 0 aromatic rings. The van der Waals surface area contributed by atoms with Crippen LogP contribution in [0, 0.1) is 0 Å². The highest BCUT2D eigenvalue weighted by Gasteiger charge is 2.21. The minimum absolute atomic E-state index is 0.00439. The molecule has 7 heteroatoms. The van der Waals surface area contributed by atoms with Crippen LogP contribution in [-0.2, 0) is 19.4 Å². The van der Waals surface area contributed by atoms with Crippen molar-refractivity contribution in [2.24, 2.45) is 0 Å². The van der Waals surface area contributed by atoms with E-state index in [1.165, 1.54) is 13.4 Å². The SMILES string of the molecule is COCC(=O)N1CCN(CCS(C)(=O)=O)CC1. The minimum atomic E-state index is -2.90. The second-order valence-corrected chi connectivity index (χ2v) is 6.55. The van der Waals surface area contributed by atoms with Crippen LogP contribution in [0.15, 0.2) is 0 Å². The van der Waals surface area contributed by atoms with Gasteiger partial charge >= 0.3 is 0 Å². The van der Waals surface area contributed by atoms with Gasteiger partial charge in [0.2, 0.25) is 5.91 Å². The molecule has 0 aliphatic carbocycles. The predicted octanol–water partition coefficient (Wildman–Crippen LogP) is -1.18. The molecular weight excluding hydrogens is 244 g/mol. The van der Waals surface area contributed by atoms with Gasteiger partial charge in [-0.15, -0.1) is 0 Å². The fraction of sp³-hybridized carbons (Fsp3) is 0.900. The standard InChI is InChI=1S/C10H20N2O4S/c1-16-9-10(13)12-5-3-11(4-6-12)7-8-17(2,14)15/h3-9H2,1-2H3. The number of ether oxygens (including phenoxy) is 1. The van der Waals surface area contributed by atoms with Crippen molar-refractivity contribution in [2.75, 3.05) is 58.4 Å². The van der Waals surface area contributed by atoms with Crippen LogP contribution < -0.4 is 0 Å². The van der Waals surface area contributed by atoms with Gasteiger partial charge in [0.15, 0.2) is 0 Å². The lowest BCUT2D eigenvalue weighted by Crippen LogP contribution is -2.50. The van der Waals surface area contributed by atoms with Gasteiger partial charge in [-0.2, -0.15) is 0 Å². The smallest absolute Gasteiger partial charge is 0.248 e. The highest BCUT2D eigenvalue weighted by molar-refractivity contribution is 7.90. The Morgan fingerprint density at radius 3 is 2.29 bits per heavy atom. The van der Waals surface area contributed by atoms with Crippen molar-refractivity contribution in [3.63, 3.8) is 0 Å². The molecule has 17 heavy (non-hydrogen) atoms. The average Bonchev–Trinajstić information content (AvgIpc) is 2.26. The summed E-state index contributed by atoms with van der Waals surface area (Å²) in [5.41, 5.74) is 0. The van der Waals surface area contributed by atoms with Crippen LogP contribution in [0.1, 0.15) is 0 Å². The van der Waals surface area contributed by atoms with Crippen molar-refractivity contribution in [1.29, 1.82) is 0 Å². The first-order valence-corrected chi connectivity index (χ1v) is 7.65. The van der Waals surface area contributed by atoms with E-state index in [9.17, 15) is 13.2 Å². The fourth-order valence-corrected chi connectivity index (χ4v) is 2.32. The molecular formula is C10H20N2O4S. The zero-order valence-corrected chi connectivity index (χ0v) is 11.2. The summed E-state index contributed by atoms with van der Waals surface area (Å²) < 4.78 is 26.8. The van der Waals surface area contributed by atoms with E-state index in [-0.39, 0.29) is 18.3 Å². The fourth-order valence-electron chi connectivity index (χ4n) is 1.73. The molecule has 100 valence electrons. The van der Waals surface area contributed by atoms with Gasteiger partial charge in [-0.25, -0.2) is 8.42 Å². The van der Waals surface area contributed by atoms with Gasteiger partial charge in [-0.3, -0.25) is 9.69 Å². The third kappa shape index (κ3) is 5.47. The van der Waals surface area contributed by atoms with Crippen LogP contribution in [0.2, 0.25) is 0 Å². The van der Waals surface area contributed by atoms with E-state index in [4.69, 9.17) is 4.74 Å². The molecule has 1 aliphatic heterocycles. The van der Waals surface area contributed by atoms with Gasteiger partial charge in [0.05, 0.1) is 5.75 Å². The molecule has 1 saturated heterocycles. The van der Waals surface area contributed by atoms with Gasteiger partial charge in [0.25, 0.3) is 0 Å². The third-order valence-corrected chi connectivity index (χ3v) is 3.70. The largest absolute Gasteiger partial charge is 0.375 e. The lowest BCUT2D eigenvalue weighted by molar-refractivity contribution is -0.136. The van der Waals surface area contributed by atoms with Crippen LogP contribution in [0.5, 0.6) is 0 Å². The first-order valence-electron chi connectivity index (χ1n) is 5.59. The summed E-state index contributed by atoms with van der Waals surface area (Å²) in [5, 5.41) is 0. The Morgan fingerprint density at radius 2 is 1.82 bits per heavy atom. The normalized spacial score (nSPS) is 18.4. The number of hydrogen-bond donors (Lipinski definition) is 0. The molecule has 6 nitrogen and oxygen atoms in total. The second kappa shape index (κ2) is 6.32. The number of rotatable bonds is 5. The third-order valence-electron chi connectivity index (χ3n) is 2.77. The van der Waals surface area contributed by atoms with Crippen molar-refractivity contribution in [2.45, 2.75) is 0 Å². The predicted molar refractivity (Wildman–Crippen MR) is 64.6 cm³/mol. The molecule has 1 fully saturated rings. The monoisotopic (exact) mass is 264 g/mol. The van der Waals surface area contributed by atoms with Crippen LogP contribution in [0.4, 0.5) is 0 Å². The van der Waals surface area contributed by atoms with Gasteiger partial charge in [-0.1, -0.05) is 0 Å². The van der Waals surface area contributed by atoms with E-state index in [0.29, 0.717) is 19.6 Å². The summed E-state index contributed by atoms with van der Waals surface area (Å²) in [5.74, 6) is 0.175. The maximum atomic E-state index is 11.5. The van der Waals surface area contributed by atoms with Crippen molar-refractivity contribution in [3.8, 4) is 0 Å². The first kappa shape index (κ1) is 14.4. The van der Waals surface area contributed by atoms with Crippen molar-refractivity contribution in [1.82, 2.24) is 9.80 Å². The summed E-state index contributed by atoms with van der Waals surface area (Å²) in [4.78, 5) is 15.3. The van der Waals surface area contributed by atoms with E-state index in [2.05, 4.69) is 4.90 Å². The molecule has 0 unspecified atom stereocenters. The Morgan fingerprint density at radius 1 is 1.24 bits per heavy atom. The Bertz CT molecular complexity index is 347. The number of hydrogen-bond acceptors (Lipinski definition) is 5. The van der Waals surface area contributed by atoms with E-state index < -0.39 is 9.84 Å². The van der Waals surface area contributed by atoms with Gasteiger partial charge in [-0.05, 0) is 0 Å². The molecule has 0 radical (unpaired) electrons. The first-order chi connectivity index (χ1) is 7.92.